The lowest BCUT2D eigenvalue weighted by atomic mass is 9.93. The highest BCUT2D eigenvalue weighted by molar-refractivity contribution is 5.66. The van der Waals surface area contributed by atoms with Crippen LogP contribution in [0, 0.1) is 5.92 Å². The molecule has 0 aromatic heterocycles. The molecule has 0 amide bonds. The highest BCUT2D eigenvalue weighted by Crippen LogP contribution is 2.23. The van der Waals surface area contributed by atoms with E-state index < -0.39 is 5.97 Å². The summed E-state index contributed by atoms with van der Waals surface area (Å²) in [6, 6.07) is 0.398. The van der Waals surface area contributed by atoms with Gasteiger partial charge in [-0.15, -0.1) is 0 Å². The number of carbonyl (C=O) groups is 1. The van der Waals surface area contributed by atoms with Crippen LogP contribution in [0.15, 0.2) is 12.2 Å². The summed E-state index contributed by atoms with van der Waals surface area (Å²) in [6.07, 6.45) is 15.0. The monoisotopic (exact) mass is 325 g/mol. The molecular formula is C19H35NO3. The van der Waals surface area contributed by atoms with Gasteiger partial charge < -0.3 is 15.5 Å². The third-order valence-corrected chi connectivity index (χ3v) is 4.76. The van der Waals surface area contributed by atoms with Crippen molar-refractivity contribution in [3.63, 3.8) is 0 Å². The van der Waals surface area contributed by atoms with E-state index in [1.165, 1.54) is 32.1 Å². The average Bonchev–Trinajstić information content (AvgIpc) is 2.96. The van der Waals surface area contributed by atoms with Crippen LogP contribution in [0.1, 0.15) is 77.6 Å². The Labute approximate surface area is 141 Å². The maximum absolute atomic E-state index is 10.5. The molecule has 0 saturated carbocycles. The van der Waals surface area contributed by atoms with E-state index in [4.69, 9.17) is 5.11 Å². The van der Waals surface area contributed by atoms with Gasteiger partial charge in [-0.05, 0) is 38.1 Å². The van der Waals surface area contributed by atoms with Crippen LogP contribution in [-0.2, 0) is 4.79 Å². The Balaban J connectivity index is 2.16. The number of hydrogen-bond donors (Lipinski definition) is 3. The Kier molecular flexibility index (Phi) is 11.0. The van der Waals surface area contributed by atoms with Crippen LogP contribution in [0.2, 0.25) is 0 Å². The average molecular weight is 325 g/mol. The minimum absolute atomic E-state index is 0.298. The number of carboxylic acid groups (broad SMARTS) is 1. The number of hydrogen-bond acceptors (Lipinski definition) is 3. The summed E-state index contributed by atoms with van der Waals surface area (Å²) in [4.78, 5) is 10.5. The second kappa shape index (κ2) is 12.5. The van der Waals surface area contributed by atoms with Crippen LogP contribution in [-0.4, -0.2) is 34.9 Å². The first-order valence-corrected chi connectivity index (χ1v) is 9.45. The van der Waals surface area contributed by atoms with E-state index in [0.29, 0.717) is 18.4 Å². The fraction of sp³-hybridized carbons (Fsp3) is 0.842. The van der Waals surface area contributed by atoms with Crippen molar-refractivity contribution in [3.8, 4) is 0 Å². The molecule has 0 radical (unpaired) electrons. The molecule has 4 nitrogen and oxygen atoms in total. The number of unbranched alkanes of at least 4 members (excludes halogenated alkanes) is 5. The van der Waals surface area contributed by atoms with Gasteiger partial charge in [0, 0.05) is 12.5 Å². The van der Waals surface area contributed by atoms with Gasteiger partial charge in [0.05, 0.1) is 6.10 Å². The summed E-state index contributed by atoms with van der Waals surface area (Å²) in [5.41, 5.74) is 0. The molecule has 3 unspecified atom stereocenters. The summed E-state index contributed by atoms with van der Waals surface area (Å²) in [5, 5.41) is 22.1. The maximum atomic E-state index is 10.5. The van der Waals surface area contributed by atoms with E-state index in [1.807, 2.05) is 6.08 Å². The molecular weight excluding hydrogens is 290 g/mol. The van der Waals surface area contributed by atoms with Gasteiger partial charge in [-0.25, -0.2) is 0 Å². The standard InChI is InChI=1S/C19H35NO3/c1-2-3-6-10-17(21)12-13-18-16(14-15-20-18)9-7-4-5-8-11-19(22)23/h12-13,16-18,20-21H,2-11,14-15H2,1H3,(H,22,23)/b13-12+. The normalized spacial score (nSPS) is 22.7. The number of rotatable bonds is 13. The summed E-state index contributed by atoms with van der Waals surface area (Å²) < 4.78 is 0. The van der Waals surface area contributed by atoms with E-state index >= 15 is 0 Å². The predicted octanol–water partition coefficient (Wildman–Crippen LogP) is 3.89. The highest BCUT2D eigenvalue weighted by atomic mass is 16.4. The largest absolute Gasteiger partial charge is 0.481 e. The van der Waals surface area contributed by atoms with Crippen LogP contribution < -0.4 is 5.32 Å². The first-order valence-electron chi connectivity index (χ1n) is 9.45. The van der Waals surface area contributed by atoms with E-state index in [-0.39, 0.29) is 6.10 Å². The summed E-state index contributed by atoms with van der Waals surface area (Å²) >= 11 is 0. The van der Waals surface area contributed by atoms with E-state index in [0.717, 1.165) is 38.6 Å². The van der Waals surface area contributed by atoms with Crippen LogP contribution in [0.25, 0.3) is 0 Å². The van der Waals surface area contributed by atoms with Crippen LogP contribution in [0.5, 0.6) is 0 Å². The van der Waals surface area contributed by atoms with Gasteiger partial charge in [0.15, 0.2) is 0 Å². The zero-order valence-corrected chi connectivity index (χ0v) is 14.7. The Morgan fingerprint density at radius 1 is 1.22 bits per heavy atom. The summed E-state index contributed by atoms with van der Waals surface area (Å²) in [6.45, 7) is 3.24. The summed E-state index contributed by atoms with van der Waals surface area (Å²) in [7, 11) is 0. The lowest BCUT2D eigenvalue weighted by Gasteiger charge is -2.16. The lowest BCUT2D eigenvalue weighted by molar-refractivity contribution is -0.137. The molecule has 1 aliphatic rings. The van der Waals surface area contributed by atoms with Crippen molar-refractivity contribution in [1.82, 2.24) is 5.32 Å². The van der Waals surface area contributed by atoms with E-state index in [9.17, 15) is 9.90 Å². The van der Waals surface area contributed by atoms with Crippen molar-refractivity contribution in [3.05, 3.63) is 12.2 Å². The first-order chi connectivity index (χ1) is 11.1. The van der Waals surface area contributed by atoms with Crippen LogP contribution in [0.3, 0.4) is 0 Å². The Morgan fingerprint density at radius 3 is 2.74 bits per heavy atom. The topological polar surface area (TPSA) is 69.6 Å². The Morgan fingerprint density at radius 2 is 2.00 bits per heavy atom. The minimum Gasteiger partial charge on any atom is -0.481 e. The molecule has 1 fully saturated rings. The Hall–Kier alpha value is -0.870. The van der Waals surface area contributed by atoms with E-state index in [2.05, 4.69) is 18.3 Å². The van der Waals surface area contributed by atoms with Crippen molar-refractivity contribution in [2.24, 2.45) is 5.92 Å². The van der Waals surface area contributed by atoms with Crippen molar-refractivity contribution in [2.75, 3.05) is 6.54 Å². The summed E-state index contributed by atoms with van der Waals surface area (Å²) in [5.74, 6) is -0.0266. The first kappa shape index (κ1) is 20.2. The number of carboxylic acids is 1. The van der Waals surface area contributed by atoms with Gasteiger partial charge in [0.1, 0.15) is 0 Å². The molecule has 3 atom stereocenters. The molecule has 1 saturated heterocycles. The van der Waals surface area contributed by atoms with Crippen molar-refractivity contribution >= 4 is 5.97 Å². The fourth-order valence-electron chi connectivity index (χ4n) is 3.31. The van der Waals surface area contributed by atoms with Crippen LogP contribution >= 0.6 is 0 Å². The van der Waals surface area contributed by atoms with Crippen molar-refractivity contribution in [2.45, 2.75) is 89.7 Å². The number of aliphatic hydroxyl groups is 1. The number of nitrogens with one attached hydrogen (secondary N) is 1. The molecule has 23 heavy (non-hydrogen) atoms. The number of aliphatic carboxylic acids is 1. The van der Waals surface area contributed by atoms with Gasteiger partial charge in [-0.3, -0.25) is 4.79 Å². The SMILES string of the molecule is CCCCCC(O)/C=C/C1NCCC1CCCCCCC(=O)O. The van der Waals surface area contributed by atoms with Crippen molar-refractivity contribution in [1.29, 1.82) is 0 Å². The van der Waals surface area contributed by atoms with Crippen LogP contribution in [0.4, 0.5) is 0 Å². The smallest absolute Gasteiger partial charge is 0.303 e. The molecule has 0 aromatic rings. The van der Waals surface area contributed by atoms with Gasteiger partial charge >= 0.3 is 5.97 Å². The molecule has 4 heteroatoms. The van der Waals surface area contributed by atoms with Gasteiger partial charge in [-0.2, -0.15) is 0 Å². The molecule has 3 N–H and O–H groups in total. The zero-order chi connectivity index (χ0) is 16.9. The number of aliphatic hydroxyl groups excluding tert-OH is 1. The molecule has 134 valence electrons. The predicted molar refractivity (Wildman–Crippen MR) is 94.5 cm³/mol. The fourth-order valence-corrected chi connectivity index (χ4v) is 3.31. The molecule has 1 aliphatic heterocycles. The van der Waals surface area contributed by atoms with E-state index in [1.54, 1.807) is 0 Å². The molecule has 1 rings (SSSR count). The Bertz CT molecular complexity index is 344. The molecule has 0 aliphatic carbocycles. The molecule has 0 aromatic carbocycles. The maximum Gasteiger partial charge on any atom is 0.303 e. The zero-order valence-electron chi connectivity index (χ0n) is 14.7. The van der Waals surface area contributed by atoms with Gasteiger partial charge in [-0.1, -0.05) is 57.6 Å². The second-order valence-corrected chi connectivity index (χ2v) is 6.82. The quantitative estimate of drug-likeness (QED) is 0.355. The minimum atomic E-state index is -0.687. The lowest BCUT2D eigenvalue weighted by Crippen LogP contribution is -2.25. The molecule has 0 spiro atoms. The second-order valence-electron chi connectivity index (χ2n) is 6.82. The third-order valence-electron chi connectivity index (χ3n) is 4.76. The van der Waals surface area contributed by atoms with Gasteiger partial charge in [0.25, 0.3) is 0 Å². The van der Waals surface area contributed by atoms with Crippen molar-refractivity contribution < 1.29 is 15.0 Å². The molecule has 1 heterocycles. The third kappa shape index (κ3) is 9.77. The molecule has 0 bridgehead atoms. The van der Waals surface area contributed by atoms with Gasteiger partial charge in [0.2, 0.25) is 0 Å². The highest BCUT2D eigenvalue weighted by Gasteiger charge is 2.24.